The van der Waals surface area contributed by atoms with E-state index in [1.54, 1.807) is 13.0 Å². The average molecular weight is 280 g/mol. The summed E-state index contributed by atoms with van der Waals surface area (Å²) in [7, 11) is 0. The molecule has 20 heavy (non-hydrogen) atoms. The van der Waals surface area contributed by atoms with Crippen molar-refractivity contribution in [2.45, 2.75) is 51.5 Å². The number of likely N-dealkylation sites (tertiary alicyclic amines) is 1. The lowest BCUT2D eigenvalue weighted by atomic mass is 9.97. The van der Waals surface area contributed by atoms with Crippen molar-refractivity contribution >= 4 is 11.9 Å². The van der Waals surface area contributed by atoms with E-state index < -0.39 is 5.97 Å². The number of amides is 1. The molecule has 0 unspecified atom stereocenters. The molecule has 6 heteroatoms. The lowest BCUT2D eigenvalue weighted by Crippen LogP contribution is -2.44. The van der Waals surface area contributed by atoms with Crippen LogP contribution in [-0.4, -0.2) is 39.6 Å². The Morgan fingerprint density at radius 1 is 1.50 bits per heavy atom. The number of nitrogens with zero attached hydrogens (tertiary/aromatic N) is 2. The normalized spacial score (nSPS) is 19.1. The molecule has 1 fully saturated rings. The monoisotopic (exact) mass is 280 g/mol. The molecule has 6 nitrogen and oxygen atoms in total. The van der Waals surface area contributed by atoms with Crippen LogP contribution in [0.3, 0.4) is 0 Å². The van der Waals surface area contributed by atoms with E-state index in [1.165, 1.54) is 0 Å². The number of carboxylic acids is 1. The van der Waals surface area contributed by atoms with Gasteiger partial charge in [-0.1, -0.05) is 5.16 Å². The third-order valence-electron chi connectivity index (χ3n) is 3.65. The summed E-state index contributed by atoms with van der Waals surface area (Å²) in [5, 5.41) is 12.6. The molecule has 1 N–H and O–H groups in total. The highest BCUT2D eigenvalue weighted by molar-refractivity contribution is 5.78. The Morgan fingerprint density at radius 3 is 2.95 bits per heavy atom. The van der Waals surface area contributed by atoms with Gasteiger partial charge in [0.2, 0.25) is 5.91 Å². The maximum Gasteiger partial charge on any atom is 0.303 e. The number of carbonyl (C=O) groups is 2. The highest BCUT2D eigenvalue weighted by Gasteiger charge is 2.27. The molecular formula is C14H20N2O4. The van der Waals surface area contributed by atoms with E-state index in [-0.39, 0.29) is 24.8 Å². The minimum atomic E-state index is -0.810. The molecule has 1 aliphatic rings. The summed E-state index contributed by atoms with van der Waals surface area (Å²) in [6.45, 7) is 2.50. The van der Waals surface area contributed by atoms with Gasteiger partial charge in [0.15, 0.2) is 0 Å². The van der Waals surface area contributed by atoms with Crippen LogP contribution in [-0.2, 0) is 16.0 Å². The fourth-order valence-corrected chi connectivity index (χ4v) is 2.68. The summed E-state index contributed by atoms with van der Waals surface area (Å²) >= 11 is 0. The van der Waals surface area contributed by atoms with Crippen LogP contribution in [0.5, 0.6) is 0 Å². The van der Waals surface area contributed by atoms with E-state index in [4.69, 9.17) is 9.63 Å². The largest absolute Gasteiger partial charge is 0.481 e. The van der Waals surface area contributed by atoms with Crippen molar-refractivity contribution in [2.75, 3.05) is 6.54 Å². The molecule has 0 aromatic carbocycles. The maximum atomic E-state index is 12.3. The van der Waals surface area contributed by atoms with Crippen molar-refractivity contribution in [1.82, 2.24) is 10.1 Å². The Bertz CT molecular complexity index is 483. The van der Waals surface area contributed by atoms with Crippen LogP contribution in [0.25, 0.3) is 0 Å². The number of hydrogen-bond acceptors (Lipinski definition) is 4. The number of aryl methyl sites for hydroxylation is 1. The molecule has 1 saturated heterocycles. The number of aliphatic carboxylic acids is 1. The Balaban J connectivity index is 1.95. The molecule has 1 amide bonds. The zero-order valence-electron chi connectivity index (χ0n) is 11.7. The zero-order valence-corrected chi connectivity index (χ0v) is 11.7. The van der Waals surface area contributed by atoms with E-state index in [1.807, 2.05) is 4.90 Å². The average Bonchev–Trinajstić information content (AvgIpc) is 2.82. The molecule has 1 aromatic heterocycles. The van der Waals surface area contributed by atoms with Crippen LogP contribution in [0.15, 0.2) is 10.6 Å². The first-order valence-electron chi connectivity index (χ1n) is 6.99. The Morgan fingerprint density at radius 2 is 2.30 bits per heavy atom. The molecule has 2 rings (SSSR count). The highest BCUT2D eigenvalue weighted by atomic mass is 16.5. The van der Waals surface area contributed by atoms with Crippen molar-refractivity contribution in [1.29, 1.82) is 0 Å². The van der Waals surface area contributed by atoms with Crippen molar-refractivity contribution in [2.24, 2.45) is 0 Å². The van der Waals surface area contributed by atoms with E-state index in [2.05, 4.69) is 5.16 Å². The van der Waals surface area contributed by atoms with E-state index in [0.29, 0.717) is 24.4 Å². The van der Waals surface area contributed by atoms with Crippen molar-refractivity contribution in [3.63, 3.8) is 0 Å². The van der Waals surface area contributed by atoms with Gasteiger partial charge < -0.3 is 14.5 Å². The summed E-state index contributed by atoms with van der Waals surface area (Å²) in [5.74, 6) is -0.114. The van der Waals surface area contributed by atoms with E-state index in [9.17, 15) is 9.59 Å². The third kappa shape index (κ3) is 3.82. The molecule has 0 bridgehead atoms. The predicted octanol–water partition coefficient (Wildman–Crippen LogP) is 1.77. The first-order chi connectivity index (χ1) is 9.56. The van der Waals surface area contributed by atoms with Gasteiger partial charge in [0.25, 0.3) is 0 Å². The summed E-state index contributed by atoms with van der Waals surface area (Å²) in [4.78, 5) is 24.8. The summed E-state index contributed by atoms with van der Waals surface area (Å²) in [6, 6.07) is 1.80. The van der Waals surface area contributed by atoms with Gasteiger partial charge >= 0.3 is 5.97 Å². The molecule has 0 aliphatic carbocycles. The highest BCUT2D eigenvalue weighted by Crippen LogP contribution is 2.22. The Kier molecular flexibility index (Phi) is 4.76. The summed E-state index contributed by atoms with van der Waals surface area (Å²) < 4.78 is 4.96. The SMILES string of the molecule is Cc1cc(CC(=O)N2CCCC[C@@H]2CCC(=O)O)no1. The first-order valence-corrected chi connectivity index (χ1v) is 6.99. The van der Waals surface area contributed by atoms with Crippen molar-refractivity contribution < 1.29 is 19.2 Å². The molecule has 0 saturated carbocycles. The minimum Gasteiger partial charge on any atom is -0.481 e. The van der Waals surface area contributed by atoms with Crippen molar-refractivity contribution in [3.05, 3.63) is 17.5 Å². The number of carbonyl (C=O) groups excluding carboxylic acids is 1. The number of aromatic nitrogens is 1. The van der Waals surface area contributed by atoms with Gasteiger partial charge in [0, 0.05) is 25.1 Å². The molecular weight excluding hydrogens is 260 g/mol. The van der Waals surface area contributed by atoms with Gasteiger partial charge in [-0.2, -0.15) is 0 Å². The van der Waals surface area contributed by atoms with Gasteiger partial charge in [-0.25, -0.2) is 0 Å². The Labute approximate surface area is 117 Å². The molecule has 1 atom stereocenters. The first kappa shape index (κ1) is 14.6. The second-order valence-corrected chi connectivity index (χ2v) is 5.27. The van der Waals surface area contributed by atoms with Gasteiger partial charge in [-0.3, -0.25) is 9.59 Å². The van der Waals surface area contributed by atoms with Gasteiger partial charge in [0.05, 0.1) is 12.1 Å². The quantitative estimate of drug-likeness (QED) is 0.888. The number of carboxylic acid groups (broad SMARTS) is 1. The van der Waals surface area contributed by atoms with Crippen LogP contribution in [0.2, 0.25) is 0 Å². The van der Waals surface area contributed by atoms with Gasteiger partial charge in [-0.05, 0) is 32.6 Å². The maximum absolute atomic E-state index is 12.3. The van der Waals surface area contributed by atoms with Crippen molar-refractivity contribution in [3.8, 4) is 0 Å². The number of rotatable bonds is 5. The van der Waals surface area contributed by atoms with Crippen LogP contribution in [0.4, 0.5) is 0 Å². The fraction of sp³-hybridized carbons (Fsp3) is 0.643. The molecule has 0 spiro atoms. The van der Waals surface area contributed by atoms with E-state index in [0.717, 1.165) is 19.3 Å². The van der Waals surface area contributed by atoms with Gasteiger partial charge in [-0.15, -0.1) is 0 Å². The second-order valence-electron chi connectivity index (χ2n) is 5.27. The predicted molar refractivity (Wildman–Crippen MR) is 71.2 cm³/mol. The van der Waals surface area contributed by atoms with Crippen LogP contribution >= 0.6 is 0 Å². The third-order valence-corrected chi connectivity index (χ3v) is 3.65. The molecule has 110 valence electrons. The molecule has 1 aliphatic heterocycles. The summed E-state index contributed by atoms with van der Waals surface area (Å²) in [6.07, 6.45) is 3.78. The Hall–Kier alpha value is -1.85. The van der Waals surface area contributed by atoms with Crippen LogP contribution in [0.1, 0.15) is 43.6 Å². The summed E-state index contributed by atoms with van der Waals surface area (Å²) in [5.41, 5.74) is 0.634. The number of hydrogen-bond donors (Lipinski definition) is 1. The smallest absolute Gasteiger partial charge is 0.303 e. The fourth-order valence-electron chi connectivity index (χ4n) is 2.68. The topological polar surface area (TPSA) is 83.6 Å². The van der Waals surface area contributed by atoms with Gasteiger partial charge in [0.1, 0.15) is 5.76 Å². The minimum absolute atomic E-state index is 0.00777. The van der Waals surface area contributed by atoms with Crippen LogP contribution in [0, 0.1) is 6.92 Å². The molecule has 2 heterocycles. The lowest BCUT2D eigenvalue weighted by molar-refractivity contribution is -0.139. The molecule has 1 aromatic rings. The number of piperidine rings is 1. The second kappa shape index (κ2) is 6.54. The standard InChI is InChI=1S/C14H20N2O4/c1-10-8-11(15-20-10)9-13(17)16-7-3-2-4-12(16)5-6-14(18)19/h8,12H,2-7,9H2,1H3,(H,18,19)/t12-/m1/s1. The van der Waals surface area contributed by atoms with Crippen LogP contribution < -0.4 is 0 Å². The zero-order chi connectivity index (χ0) is 14.5. The molecule has 0 radical (unpaired) electrons. The lowest BCUT2D eigenvalue weighted by Gasteiger charge is -2.35. The van der Waals surface area contributed by atoms with E-state index >= 15 is 0 Å².